The third-order valence-corrected chi connectivity index (χ3v) is 6.23. The first-order valence-electron chi connectivity index (χ1n) is 12.2. The van der Waals surface area contributed by atoms with Crippen LogP contribution in [0.1, 0.15) is 70.3 Å². The fourth-order valence-electron chi connectivity index (χ4n) is 4.33. The Bertz CT molecular complexity index is 645. The van der Waals surface area contributed by atoms with Gasteiger partial charge in [0.15, 0.2) is 0 Å². The van der Waals surface area contributed by atoms with Crippen molar-refractivity contribution in [3.05, 3.63) is 42.0 Å². The van der Waals surface area contributed by atoms with Crippen molar-refractivity contribution in [3.8, 4) is 5.75 Å². The molecule has 0 saturated heterocycles. The van der Waals surface area contributed by atoms with Crippen LogP contribution in [0.5, 0.6) is 5.75 Å². The van der Waals surface area contributed by atoms with E-state index >= 15 is 0 Å². The van der Waals surface area contributed by atoms with Gasteiger partial charge in [-0.1, -0.05) is 64.2 Å². The van der Waals surface area contributed by atoms with E-state index in [2.05, 4.69) is 37.8 Å². The van der Waals surface area contributed by atoms with E-state index in [4.69, 9.17) is 9.47 Å². The van der Waals surface area contributed by atoms with Gasteiger partial charge in [-0.15, -0.1) is 0 Å². The normalized spacial score (nSPS) is 18.7. The summed E-state index contributed by atoms with van der Waals surface area (Å²) in [4.78, 5) is 13.8. The van der Waals surface area contributed by atoms with Crippen LogP contribution in [0.2, 0.25) is 0 Å². The molecule has 0 aromatic heterocycles. The topological polar surface area (TPSA) is 38.8 Å². The van der Waals surface area contributed by atoms with E-state index in [-0.39, 0.29) is 5.97 Å². The van der Waals surface area contributed by atoms with Gasteiger partial charge in [0.1, 0.15) is 5.75 Å². The third kappa shape index (κ3) is 10.4. The molecule has 0 heterocycles. The van der Waals surface area contributed by atoms with Gasteiger partial charge in [-0.2, -0.15) is 0 Å². The van der Waals surface area contributed by atoms with Crippen molar-refractivity contribution in [2.45, 2.75) is 71.1 Å². The SMILES string of the molecule is C=C(CN(C)C)C(=O)OCCCc1ccc(OCC2CCC(CCCCC)CC2)cc1. The number of rotatable bonds is 14. The zero-order chi connectivity index (χ0) is 22.5. The number of hydrogen-bond donors (Lipinski definition) is 0. The number of nitrogens with zero attached hydrogens (tertiary/aromatic N) is 1. The molecule has 0 unspecified atom stereocenters. The molecule has 1 aromatic carbocycles. The Labute approximate surface area is 190 Å². The van der Waals surface area contributed by atoms with Crippen molar-refractivity contribution in [1.29, 1.82) is 0 Å². The van der Waals surface area contributed by atoms with Crippen LogP contribution in [0.25, 0.3) is 0 Å². The van der Waals surface area contributed by atoms with Gasteiger partial charge in [0.05, 0.1) is 13.2 Å². The molecule has 4 heteroatoms. The molecule has 1 aliphatic carbocycles. The predicted octanol–water partition coefficient (Wildman–Crippen LogP) is 6.05. The summed E-state index contributed by atoms with van der Waals surface area (Å²) < 4.78 is 11.4. The van der Waals surface area contributed by atoms with Crippen LogP contribution in [0.15, 0.2) is 36.4 Å². The molecule has 0 atom stereocenters. The summed E-state index contributed by atoms with van der Waals surface area (Å²) in [5, 5.41) is 0. The zero-order valence-corrected chi connectivity index (χ0v) is 20.0. The molecule has 0 N–H and O–H groups in total. The second-order valence-electron chi connectivity index (χ2n) is 9.42. The van der Waals surface area contributed by atoms with E-state index in [1.165, 1.54) is 56.9 Å². The van der Waals surface area contributed by atoms with Crippen LogP contribution in [0.3, 0.4) is 0 Å². The van der Waals surface area contributed by atoms with Gasteiger partial charge in [0, 0.05) is 12.1 Å². The Balaban J connectivity index is 1.59. The summed E-state index contributed by atoms with van der Waals surface area (Å²) in [6, 6.07) is 8.37. The number of aryl methyl sites for hydroxylation is 1. The Morgan fingerprint density at radius 2 is 1.71 bits per heavy atom. The molecule has 0 bridgehead atoms. The quantitative estimate of drug-likeness (QED) is 0.205. The molecule has 1 aromatic rings. The molecule has 0 aliphatic heterocycles. The minimum Gasteiger partial charge on any atom is -0.493 e. The average molecular weight is 430 g/mol. The molecule has 174 valence electrons. The molecular formula is C27H43NO3. The fraction of sp³-hybridized carbons (Fsp3) is 0.667. The lowest BCUT2D eigenvalue weighted by molar-refractivity contribution is -0.139. The summed E-state index contributed by atoms with van der Waals surface area (Å²) in [6.45, 7) is 7.85. The van der Waals surface area contributed by atoms with E-state index in [1.807, 2.05) is 19.0 Å². The Morgan fingerprint density at radius 3 is 2.35 bits per heavy atom. The largest absolute Gasteiger partial charge is 0.493 e. The summed E-state index contributed by atoms with van der Waals surface area (Å²) >= 11 is 0. The monoisotopic (exact) mass is 429 g/mol. The molecule has 31 heavy (non-hydrogen) atoms. The van der Waals surface area contributed by atoms with Crippen molar-refractivity contribution >= 4 is 5.97 Å². The van der Waals surface area contributed by atoms with Crippen molar-refractivity contribution in [3.63, 3.8) is 0 Å². The fourth-order valence-corrected chi connectivity index (χ4v) is 4.33. The number of benzene rings is 1. The first-order chi connectivity index (χ1) is 15.0. The van der Waals surface area contributed by atoms with Gasteiger partial charge in [-0.25, -0.2) is 4.79 Å². The van der Waals surface area contributed by atoms with Gasteiger partial charge in [-0.05, 0) is 69.3 Å². The van der Waals surface area contributed by atoms with Crippen LogP contribution in [0, 0.1) is 11.8 Å². The van der Waals surface area contributed by atoms with E-state index in [0.717, 1.165) is 31.1 Å². The number of unbranched alkanes of at least 4 members (excludes halogenated alkanes) is 2. The number of carbonyl (C=O) groups excluding carboxylic acids is 1. The molecule has 0 radical (unpaired) electrons. The van der Waals surface area contributed by atoms with Crippen LogP contribution < -0.4 is 4.74 Å². The Morgan fingerprint density at radius 1 is 1.03 bits per heavy atom. The maximum absolute atomic E-state index is 11.8. The third-order valence-electron chi connectivity index (χ3n) is 6.23. The number of hydrogen-bond acceptors (Lipinski definition) is 4. The van der Waals surface area contributed by atoms with Crippen LogP contribution in [-0.4, -0.2) is 44.7 Å². The highest BCUT2D eigenvalue weighted by molar-refractivity contribution is 5.88. The first-order valence-corrected chi connectivity index (χ1v) is 12.2. The van der Waals surface area contributed by atoms with Crippen LogP contribution in [-0.2, 0) is 16.0 Å². The molecular weight excluding hydrogens is 386 g/mol. The summed E-state index contributed by atoms with van der Waals surface area (Å²) in [5.41, 5.74) is 1.74. The Kier molecular flexibility index (Phi) is 11.7. The molecule has 4 nitrogen and oxygen atoms in total. The number of ether oxygens (including phenoxy) is 2. The Hall–Kier alpha value is -1.81. The number of likely N-dealkylation sites (N-methyl/N-ethyl adjacent to an activating group) is 1. The van der Waals surface area contributed by atoms with E-state index in [9.17, 15) is 4.79 Å². The lowest BCUT2D eigenvalue weighted by atomic mass is 9.80. The maximum atomic E-state index is 11.8. The summed E-state index contributed by atoms with van der Waals surface area (Å²) in [6.07, 6.45) is 12.6. The van der Waals surface area contributed by atoms with Gasteiger partial charge in [-0.3, -0.25) is 0 Å². The highest BCUT2D eigenvalue weighted by atomic mass is 16.5. The predicted molar refractivity (Wildman–Crippen MR) is 129 cm³/mol. The molecule has 0 spiro atoms. The highest BCUT2D eigenvalue weighted by Crippen LogP contribution is 2.32. The summed E-state index contributed by atoms with van der Waals surface area (Å²) in [5.74, 6) is 2.32. The molecule has 1 aliphatic rings. The lowest BCUT2D eigenvalue weighted by Gasteiger charge is -2.28. The van der Waals surface area contributed by atoms with Gasteiger partial charge in [0.25, 0.3) is 0 Å². The van der Waals surface area contributed by atoms with E-state index in [0.29, 0.717) is 24.6 Å². The average Bonchev–Trinajstić information content (AvgIpc) is 2.76. The minimum absolute atomic E-state index is 0.299. The second kappa shape index (κ2) is 14.3. The zero-order valence-electron chi connectivity index (χ0n) is 20.0. The maximum Gasteiger partial charge on any atom is 0.334 e. The van der Waals surface area contributed by atoms with E-state index in [1.54, 1.807) is 0 Å². The van der Waals surface area contributed by atoms with Crippen molar-refractivity contribution in [2.24, 2.45) is 11.8 Å². The number of carbonyl (C=O) groups is 1. The van der Waals surface area contributed by atoms with Crippen molar-refractivity contribution < 1.29 is 14.3 Å². The molecule has 1 fully saturated rings. The van der Waals surface area contributed by atoms with Gasteiger partial charge < -0.3 is 14.4 Å². The molecule has 2 rings (SSSR count). The van der Waals surface area contributed by atoms with Crippen molar-refractivity contribution in [2.75, 3.05) is 33.9 Å². The van der Waals surface area contributed by atoms with Gasteiger partial charge in [0.2, 0.25) is 0 Å². The first kappa shape index (κ1) is 25.5. The molecule has 0 amide bonds. The van der Waals surface area contributed by atoms with Crippen LogP contribution >= 0.6 is 0 Å². The standard InChI is InChI=1S/C27H43NO3/c1-5-6-7-9-23-11-13-25(14-12-23)21-31-26-17-15-24(16-18-26)10-8-19-30-27(29)22(2)20-28(3)4/h15-18,23,25H,2,5-14,19-21H2,1,3-4H3. The highest BCUT2D eigenvalue weighted by Gasteiger charge is 2.21. The summed E-state index contributed by atoms with van der Waals surface area (Å²) in [7, 11) is 3.82. The number of esters is 1. The minimum atomic E-state index is -0.299. The molecule has 1 saturated carbocycles. The van der Waals surface area contributed by atoms with Crippen molar-refractivity contribution in [1.82, 2.24) is 4.90 Å². The second-order valence-corrected chi connectivity index (χ2v) is 9.42. The van der Waals surface area contributed by atoms with E-state index < -0.39 is 0 Å². The van der Waals surface area contributed by atoms with Gasteiger partial charge >= 0.3 is 5.97 Å². The smallest absolute Gasteiger partial charge is 0.334 e. The van der Waals surface area contributed by atoms with Crippen LogP contribution in [0.4, 0.5) is 0 Å². The lowest BCUT2D eigenvalue weighted by Crippen LogP contribution is -2.21.